The van der Waals surface area contributed by atoms with Crippen molar-refractivity contribution in [3.05, 3.63) is 35.6 Å². The van der Waals surface area contributed by atoms with Crippen LogP contribution in [0.2, 0.25) is 0 Å². The number of likely N-dealkylation sites (N-methyl/N-ethyl adjacent to an activating group) is 1. The van der Waals surface area contributed by atoms with Crippen LogP contribution in [0.5, 0.6) is 0 Å². The molecule has 3 nitrogen and oxygen atoms in total. The molecular formula is C20H29FN2O. The molecule has 0 aromatic heterocycles. The first-order chi connectivity index (χ1) is 11.3. The van der Waals surface area contributed by atoms with Crippen molar-refractivity contribution in [3.63, 3.8) is 0 Å². The highest BCUT2D eigenvalue weighted by atomic mass is 19.1. The number of rotatable bonds is 2. The van der Waals surface area contributed by atoms with E-state index in [1.165, 1.54) is 12.1 Å². The van der Waals surface area contributed by atoms with Crippen molar-refractivity contribution in [3.8, 4) is 0 Å². The smallest absolute Gasteiger partial charge is 0.223 e. The Morgan fingerprint density at radius 1 is 1.25 bits per heavy atom. The van der Waals surface area contributed by atoms with E-state index in [4.69, 9.17) is 0 Å². The average molecular weight is 332 g/mol. The second kappa shape index (κ2) is 6.47. The summed E-state index contributed by atoms with van der Waals surface area (Å²) in [7, 11) is 2.16. The fourth-order valence-electron chi connectivity index (χ4n) is 4.39. The van der Waals surface area contributed by atoms with Gasteiger partial charge in [0, 0.05) is 31.0 Å². The molecule has 24 heavy (non-hydrogen) atoms. The molecule has 132 valence electrons. The van der Waals surface area contributed by atoms with Gasteiger partial charge < -0.3 is 9.80 Å². The summed E-state index contributed by atoms with van der Waals surface area (Å²) in [6.07, 6.45) is 2.78. The number of carbonyl (C=O) groups is 1. The standard InChI is InChI=1S/C20H29FN2O/c1-20(2,3)12-18(24)23-13-16(14-7-9-15(21)10-8-14)19-17(23)6-5-11-22(19)4/h7-10,16-17,19H,5-6,11-13H2,1-4H3/t16-,17-,19-/m1/s1. The van der Waals surface area contributed by atoms with Gasteiger partial charge in [0.25, 0.3) is 0 Å². The Bertz CT molecular complexity index is 593. The molecule has 1 aromatic carbocycles. The topological polar surface area (TPSA) is 23.6 Å². The number of halogens is 1. The Morgan fingerprint density at radius 2 is 1.92 bits per heavy atom. The number of benzene rings is 1. The SMILES string of the molecule is CN1CCC[C@@H]2[C@H]1[C@@H](c1ccc(F)cc1)CN2C(=O)CC(C)(C)C. The van der Waals surface area contributed by atoms with E-state index in [2.05, 4.69) is 37.6 Å². The number of fused-ring (bicyclic) bond motifs is 1. The maximum absolute atomic E-state index is 13.3. The Kier molecular flexibility index (Phi) is 4.69. The fourth-order valence-corrected chi connectivity index (χ4v) is 4.39. The molecule has 1 amide bonds. The summed E-state index contributed by atoms with van der Waals surface area (Å²) >= 11 is 0. The van der Waals surface area contributed by atoms with Gasteiger partial charge in [0.2, 0.25) is 5.91 Å². The lowest BCUT2D eigenvalue weighted by molar-refractivity contribution is -0.134. The van der Waals surface area contributed by atoms with E-state index in [-0.39, 0.29) is 29.1 Å². The molecule has 2 fully saturated rings. The molecule has 2 heterocycles. The zero-order chi connectivity index (χ0) is 17.5. The molecule has 3 rings (SSSR count). The zero-order valence-corrected chi connectivity index (χ0v) is 15.3. The normalized spacial score (nSPS) is 28.0. The highest BCUT2D eigenvalue weighted by Gasteiger charge is 2.47. The van der Waals surface area contributed by atoms with Crippen molar-refractivity contribution < 1.29 is 9.18 Å². The molecule has 0 spiro atoms. The molecule has 0 unspecified atom stereocenters. The minimum absolute atomic E-state index is 0.00110. The van der Waals surface area contributed by atoms with Gasteiger partial charge in [0.1, 0.15) is 5.82 Å². The third-order valence-corrected chi connectivity index (χ3v) is 5.42. The van der Waals surface area contributed by atoms with Crippen LogP contribution in [0.1, 0.15) is 51.5 Å². The van der Waals surface area contributed by atoms with Crippen LogP contribution < -0.4 is 0 Å². The van der Waals surface area contributed by atoms with Gasteiger partial charge in [0.15, 0.2) is 0 Å². The predicted octanol–water partition coefficient (Wildman–Crippen LogP) is 3.65. The molecular weight excluding hydrogens is 303 g/mol. The van der Waals surface area contributed by atoms with Gasteiger partial charge in [-0.15, -0.1) is 0 Å². The van der Waals surface area contributed by atoms with E-state index >= 15 is 0 Å². The molecule has 2 aliphatic heterocycles. The quantitative estimate of drug-likeness (QED) is 0.825. The maximum atomic E-state index is 13.3. The Balaban J connectivity index is 1.87. The third kappa shape index (κ3) is 3.49. The summed E-state index contributed by atoms with van der Waals surface area (Å²) in [6, 6.07) is 7.47. The van der Waals surface area contributed by atoms with Crippen molar-refractivity contribution in [2.45, 2.75) is 58.0 Å². The van der Waals surface area contributed by atoms with Crippen LogP contribution in [0.15, 0.2) is 24.3 Å². The Labute approximate surface area is 144 Å². The summed E-state index contributed by atoms with van der Waals surface area (Å²) in [4.78, 5) is 17.4. The van der Waals surface area contributed by atoms with Crippen LogP contribution in [0.25, 0.3) is 0 Å². The van der Waals surface area contributed by atoms with Crippen molar-refractivity contribution in [1.82, 2.24) is 9.80 Å². The first-order valence-corrected chi connectivity index (χ1v) is 9.01. The van der Waals surface area contributed by atoms with Crippen molar-refractivity contribution in [1.29, 1.82) is 0 Å². The van der Waals surface area contributed by atoms with Gasteiger partial charge in [-0.3, -0.25) is 4.79 Å². The Hall–Kier alpha value is -1.42. The van der Waals surface area contributed by atoms with Crippen LogP contribution >= 0.6 is 0 Å². The number of piperidine rings is 1. The van der Waals surface area contributed by atoms with Gasteiger partial charge in [-0.1, -0.05) is 32.9 Å². The maximum Gasteiger partial charge on any atom is 0.223 e. The molecule has 0 aliphatic carbocycles. The van der Waals surface area contributed by atoms with Gasteiger partial charge in [0.05, 0.1) is 0 Å². The lowest BCUT2D eigenvalue weighted by Crippen LogP contribution is -2.50. The number of carbonyl (C=O) groups excluding carboxylic acids is 1. The van der Waals surface area contributed by atoms with E-state index in [9.17, 15) is 9.18 Å². The van der Waals surface area contributed by atoms with Crippen LogP contribution in [0.4, 0.5) is 4.39 Å². The number of nitrogens with zero attached hydrogens (tertiary/aromatic N) is 2. The molecule has 0 radical (unpaired) electrons. The van der Waals surface area contributed by atoms with Gasteiger partial charge >= 0.3 is 0 Å². The summed E-state index contributed by atoms with van der Waals surface area (Å²) in [5.41, 5.74) is 1.15. The highest BCUT2D eigenvalue weighted by molar-refractivity contribution is 5.78. The lowest BCUT2D eigenvalue weighted by Gasteiger charge is -2.39. The zero-order valence-electron chi connectivity index (χ0n) is 15.3. The minimum Gasteiger partial charge on any atom is -0.337 e. The van der Waals surface area contributed by atoms with Gasteiger partial charge in [-0.05, 0) is 49.5 Å². The first-order valence-electron chi connectivity index (χ1n) is 9.01. The summed E-state index contributed by atoms with van der Waals surface area (Å²) in [5.74, 6) is 0.327. The van der Waals surface area contributed by atoms with Crippen molar-refractivity contribution in [2.75, 3.05) is 20.1 Å². The molecule has 2 saturated heterocycles. The van der Waals surface area contributed by atoms with E-state index < -0.39 is 0 Å². The van der Waals surface area contributed by atoms with E-state index in [1.807, 2.05) is 12.1 Å². The van der Waals surface area contributed by atoms with Crippen molar-refractivity contribution in [2.24, 2.45) is 5.41 Å². The minimum atomic E-state index is -0.203. The molecule has 1 aromatic rings. The lowest BCUT2D eigenvalue weighted by atomic mass is 9.86. The number of hydrogen-bond acceptors (Lipinski definition) is 2. The van der Waals surface area contributed by atoms with Crippen molar-refractivity contribution >= 4 is 5.91 Å². The molecule has 2 aliphatic rings. The number of likely N-dealkylation sites (tertiary alicyclic amines) is 2. The van der Waals surface area contributed by atoms with Crippen LogP contribution in [0, 0.1) is 11.2 Å². The summed E-state index contributed by atoms with van der Waals surface area (Å²) in [6.45, 7) is 8.16. The third-order valence-electron chi connectivity index (χ3n) is 5.42. The fraction of sp³-hybridized carbons (Fsp3) is 0.650. The second-order valence-corrected chi connectivity index (χ2v) is 8.62. The first kappa shape index (κ1) is 17.4. The van der Waals surface area contributed by atoms with Crippen LogP contribution in [0.3, 0.4) is 0 Å². The van der Waals surface area contributed by atoms with E-state index in [0.717, 1.165) is 31.5 Å². The largest absolute Gasteiger partial charge is 0.337 e. The summed E-state index contributed by atoms with van der Waals surface area (Å²) < 4.78 is 13.3. The number of amides is 1. The Morgan fingerprint density at radius 3 is 2.54 bits per heavy atom. The van der Waals surface area contributed by atoms with Gasteiger partial charge in [-0.2, -0.15) is 0 Å². The monoisotopic (exact) mass is 332 g/mol. The molecule has 0 bridgehead atoms. The summed E-state index contributed by atoms with van der Waals surface area (Å²) in [5, 5.41) is 0. The van der Waals surface area contributed by atoms with Crippen LogP contribution in [-0.2, 0) is 4.79 Å². The average Bonchev–Trinajstić information content (AvgIpc) is 2.87. The highest BCUT2D eigenvalue weighted by Crippen LogP contribution is 2.40. The predicted molar refractivity (Wildman–Crippen MR) is 94.4 cm³/mol. The molecule has 0 N–H and O–H groups in total. The van der Waals surface area contributed by atoms with Gasteiger partial charge in [-0.25, -0.2) is 4.39 Å². The molecule has 4 heteroatoms. The van der Waals surface area contributed by atoms with Crippen LogP contribution in [-0.4, -0.2) is 47.9 Å². The molecule has 0 saturated carbocycles. The second-order valence-electron chi connectivity index (χ2n) is 8.62. The van der Waals surface area contributed by atoms with E-state index in [0.29, 0.717) is 12.5 Å². The molecule has 3 atom stereocenters. The number of hydrogen-bond donors (Lipinski definition) is 0. The van der Waals surface area contributed by atoms with E-state index in [1.54, 1.807) is 0 Å².